The van der Waals surface area contributed by atoms with Gasteiger partial charge in [0.15, 0.2) is 5.13 Å². The Morgan fingerprint density at radius 1 is 1.21 bits per heavy atom. The topological polar surface area (TPSA) is 42.0 Å². The number of halogens is 1. The lowest BCUT2D eigenvalue weighted by Gasteiger charge is -2.04. The maximum atomic E-state index is 13.6. The largest absolute Gasteiger partial charge is 0.302 e. The predicted molar refractivity (Wildman–Crippen MR) is 95.8 cm³/mol. The molecule has 1 heterocycles. The number of hydrogen-bond acceptors (Lipinski definition) is 3. The Kier molecular flexibility index (Phi) is 4.71. The van der Waals surface area contributed by atoms with Gasteiger partial charge in [0.05, 0.1) is 12.1 Å². The highest BCUT2D eigenvalue weighted by molar-refractivity contribution is 7.14. The fourth-order valence-corrected chi connectivity index (χ4v) is 3.26. The van der Waals surface area contributed by atoms with Crippen molar-refractivity contribution in [3.05, 3.63) is 70.4 Å². The third kappa shape index (κ3) is 3.68. The van der Waals surface area contributed by atoms with E-state index in [9.17, 15) is 9.18 Å². The quantitative estimate of drug-likeness (QED) is 0.745. The van der Waals surface area contributed by atoms with Crippen LogP contribution in [0.25, 0.3) is 11.3 Å². The number of aryl methyl sites for hydroxylation is 2. The van der Waals surface area contributed by atoms with Crippen molar-refractivity contribution in [2.24, 2.45) is 0 Å². The summed E-state index contributed by atoms with van der Waals surface area (Å²) in [5, 5.41) is 5.17. The molecular weight excluding hydrogens is 323 g/mol. The van der Waals surface area contributed by atoms with Crippen LogP contribution in [-0.4, -0.2) is 10.9 Å². The van der Waals surface area contributed by atoms with Crippen LogP contribution in [0.5, 0.6) is 0 Å². The van der Waals surface area contributed by atoms with E-state index < -0.39 is 0 Å². The molecule has 1 N–H and O–H groups in total. The van der Waals surface area contributed by atoms with Crippen molar-refractivity contribution >= 4 is 22.4 Å². The summed E-state index contributed by atoms with van der Waals surface area (Å²) in [5.41, 5.74) is 4.60. The summed E-state index contributed by atoms with van der Waals surface area (Å²) in [6, 6.07) is 12.5. The lowest BCUT2D eigenvalue weighted by atomic mass is 10.0. The van der Waals surface area contributed by atoms with Gasteiger partial charge in [-0.2, -0.15) is 0 Å². The summed E-state index contributed by atoms with van der Waals surface area (Å²) in [4.78, 5) is 16.5. The zero-order valence-corrected chi connectivity index (χ0v) is 14.3. The Morgan fingerprint density at radius 3 is 2.75 bits per heavy atom. The minimum absolute atomic E-state index is 0.00878. The Bertz CT molecular complexity index is 889. The summed E-state index contributed by atoms with van der Waals surface area (Å²) >= 11 is 1.36. The lowest BCUT2D eigenvalue weighted by Crippen LogP contribution is -2.15. The molecule has 0 unspecified atom stereocenters. The number of benzene rings is 2. The van der Waals surface area contributed by atoms with Crippen molar-refractivity contribution in [1.29, 1.82) is 0 Å². The number of amides is 1. The van der Waals surface area contributed by atoms with Gasteiger partial charge in [-0.25, -0.2) is 9.37 Å². The second-order valence-electron chi connectivity index (χ2n) is 5.67. The predicted octanol–water partition coefficient (Wildman–Crippen LogP) is 4.75. The van der Waals surface area contributed by atoms with Crippen molar-refractivity contribution in [1.82, 2.24) is 4.98 Å². The highest BCUT2D eigenvalue weighted by atomic mass is 32.1. The maximum Gasteiger partial charge on any atom is 0.230 e. The molecule has 1 amide bonds. The number of nitrogens with zero attached hydrogens (tertiary/aromatic N) is 1. The summed E-state index contributed by atoms with van der Waals surface area (Å²) < 4.78 is 13.6. The maximum absolute atomic E-state index is 13.6. The number of aromatic nitrogens is 1. The molecular formula is C19H17FN2OS. The van der Waals surface area contributed by atoms with Gasteiger partial charge in [-0.3, -0.25) is 4.79 Å². The average molecular weight is 340 g/mol. The first-order valence-corrected chi connectivity index (χ1v) is 8.47. The number of nitrogens with one attached hydrogen (secondary N) is 1. The van der Waals surface area contributed by atoms with Gasteiger partial charge in [0, 0.05) is 10.9 Å². The highest BCUT2D eigenvalue weighted by Gasteiger charge is 2.12. The van der Waals surface area contributed by atoms with E-state index in [1.54, 1.807) is 18.2 Å². The first-order valence-electron chi connectivity index (χ1n) is 7.59. The minimum Gasteiger partial charge on any atom is -0.302 e. The number of rotatable bonds is 4. The number of thiazole rings is 1. The molecule has 1 aromatic heterocycles. The average Bonchev–Trinajstić information content (AvgIpc) is 2.97. The molecule has 0 atom stereocenters. The molecule has 5 heteroatoms. The molecule has 0 fully saturated rings. The number of carbonyl (C=O) groups excluding carboxylic acids is 1. The second kappa shape index (κ2) is 6.93. The van der Waals surface area contributed by atoms with Gasteiger partial charge < -0.3 is 5.32 Å². The van der Waals surface area contributed by atoms with Gasteiger partial charge in [-0.15, -0.1) is 11.3 Å². The van der Waals surface area contributed by atoms with Crippen molar-refractivity contribution in [2.45, 2.75) is 20.3 Å². The minimum atomic E-state index is -0.372. The molecule has 3 rings (SSSR count). The molecule has 3 nitrogen and oxygen atoms in total. The standard InChI is InChI=1S/C19H17FN2OS/c1-12-7-8-15(13(2)9-12)17-11-24-19(21-17)22-18(23)10-14-5-3-4-6-16(14)20/h3-9,11H,10H2,1-2H3,(H,21,22,23). The molecule has 0 radical (unpaired) electrons. The van der Waals surface area contributed by atoms with Gasteiger partial charge in [-0.1, -0.05) is 42.0 Å². The van der Waals surface area contributed by atoms with Crippen molar-refractivity contribution < 1.29 is 9.18 Å². The van der Waals surface area contributed by atoms with Crippen molar-refractivity contribution in [2.75, 3.05) is 5.32 Å². The molecule has 0 aliphatic carbocycles. The third-order valence-electron chi connectivity index (χ3n) is 3.72. The van der Waals surface area contributed by atoms with E-state index in [2.05, 4.69) is 16.4 Å². The first-order chi connectivity index (χ1) is 11.5. The molecule has 122 valence electrons. The van der Waals surface area contributed by atoms with Crippen LogP contribution in [0.4, 0.5) is 9.52 Å². The molecule has 0 aliphatic heterocycles. The van der Waals surface area contributed by atoms with Crippen LogP contribution in [-0.2, 0) is 11.2 Å². The SMILES string of the molecule is Cc1ccc(-c2csc(NC(=O)Cc3ccccc3F)n2)c(C)c1. The molecule has 24 heavy (non-hydrogen) atoms. The summed E-state index contributed by atoms with van der Waals surface area (Å²) in [5.74, 6) is -0.649. The number of hydrogen-bond donors (Lipinski definition) is 1. The van der Waals surface area contributed by atoms with E-state index >= 15 is 0 Å². The fourth-order valence-electron chi connectivity index (χ4n) is 2.53. The number of carbonyl (C=O) groups is 1. The monoisotopic (exact) mass is 340 g/mol. The molecule has 0 saturated carbocycles. The van der Waals surface area contributed by atoms with Gasteiger partial charge in [0.25, 0.3) is 0 Å². The highest BCUT2D eigenvalue weighted by Crippen LogP contribution is 2.28. The van der Waals surface area contributed by atoms with E-state index in [0.717, 1.165) is 16.8 Å². The lowest BCUT2D eigenvalue weighted by molar-refractivity contribution is -0.115. The van der Waals surface area contributed by atoms with Crippen LogP contribution in [0, 0.1) is 19.7 Å². The van der Waals surface area contributed by atoms with Crippen molar-refractivity contribution in [3.8, 4) is 11.3 Å². The normalized spacial score (nSPS) is 10.6. The second-order valence-corrected chi connectivity index (χ2v) is 6.53. The molecule has 0 bridgehead atoms. The van der Waals surface area contributed by atoms with Crippen molar-refractivity contribution in [3.63, 3.8) is 0 Å². The zero-order chi connectivity index (χ0) is 17.1. The van der Waals surface area contributed by atoms with E-state index in [1.807, 2.05) is 31.4 Å². The van der Waals surface area contributed by atoms with E-state index in [0.29, 0.717) is 10.7 Å². The molecule has 0 aliphatic rings. The smallest absolute Gasteiger partial charge is 0.230 e. The molecule has 0 saturated heterocycles. The third-order valence-corrected chi connectivity index (χ3v) is 4.47. The van der Waals surface area contributed by atoms with Gasteiger partial charge >= 0.3 is 0 Å². The zero-order valence-electron chi connectivity index (χ0n) is 13.5. The van der Waals surface area contributed by atoms with Gasteiger partial charge in [-0.05, 0) is 31.0 Å². The van der Waals surface area contributed by atoms with Gasteiger partial charge in [0.1, 0.15) is 5.82 Å². The van der Waals surface area contributed by atoms with E-state index in [1.165, 1.54) is 23.0 Å². The van der Waals surface area contributed by atoms with Crippen LogP contribution in [0.1, 0.15) is 16.7 Å². The fraction of sp³-hybridized carbons (Fsp3) is 0.158. The Labute approximate surface area is 144 Å². The van der Waals surface area contributed by atoms with E-state index in [4.69, 9.17) is 0 Å². The molecule has 2 aromatic carbocycles. The van der Waals surface area contributed by atoms with E-state index in [-0.39, 0.29) is 18.1 Å². The Balaban J connectivity index is 1.72. The van der Waals surface area contributed by atoms with Crippen LogP contribution in [0.2, 0.25) is 0 Å². The van der Waals surface area contributed by atoms with Crippen LogP contribution in [0.15, 0.2) is 47.8 Å². The molecule has 0 spiro atoms. The Morgan fingerprint density at radius 2 is 2.00 bits per heavy atom. The van der Waals surface area contributed by atoms with Crippen LogP contribution < -0.4 is 5.32 Å². The number of anilines is 1. The Hall–Kier alpha value is -2.53. The van der Waals surface area contributed by atoms with Crippen LogP contribution >= 0.6 is 11.3 Å². The molecule has 3 aromatic rings. The summed E-state index contributed by atoms with van der Waals surface area (Å²) in [6.45, 7) is 4.09. The van der Waals surface area contributed by atoms with Crippen LogP contribution in [0.3, 0.4) is 0 Å². The summed E-state index contributed by atoms with van der Waals surface area (Å²) in [6.07, 6.45) is -0.00878. The first kappa shape index (κ1) is 16.3. The summed E-state index contributed by atoms with van der Waals surface area (Å²) in [7, 11) is 0. The van der Waals surface area contributed by atoms with Gasteiger partial charge in [0.2, 0.25) is 5.91 Å².